The zero-order chi connectivity index (χ0) is 12.5. The van der Waals surface area contributed by atoms with Crippen molar-refractivity contribution in [2.45, 2.75) is 13.5 Å². The van der Waals surface area contributed by atoms with E-state index in [-0.39, 0.29) is 0 Å². The van der Waals surface area contributed by atoms with Crippen LogP contribution in [0.3, 0.4) is 0 Å². The number of halogens is 1. The molecule has 2 rings (SSSR count). The van der Waals surface area contributed by atoms with Gasteiger partial charge in [0.05, 0.1) is 11.5 Å². The first-order chi connectivity index (χ1) is 7.96. The summed E-state index contributed by atoms with van der Waals surface area (Å²) in [6.45, 7) is 3.63. The molecule has 0 unspecified atom stereocenters. The van der Waals surface area contributed by atoms with Crippen LogP contribution in [0.5, 0.6) is 0 Å². The Kier molecular flexibility index (Phi) is 3.90. The van der Waals surface area contributed by atoms with Gasteiger partial charge in [0.15, 0.2) is 9.84 Å². The highest BCUT2D eigenvalue weighted by atomic mass is 79.9. The maximum Gasteiger partial charge on any atom is 0.151 e. The Hall–Kier alpha value is -0.390. The Balaban J connectivity index is 1.77. The summed E-state index contributed by atoms with van der Waals surface area (Å²) < 4.78 is 23.1. The second kappa shape index (κ2) is 5.08. The number of hydrogen-bond acceptors (Lipinski definition) is 3. The smallest absolute Gasteiger partial charge is 0.151 e. The molecule has 94 valence electrons. The van der Waals surface area contributed by atoms with Crippen molar-refractivity contribution in [1.29, 1.82) is 0 Å². The van der Waals surface area contributed by atoms with Gasteiger partial charge in [-0.25, -0.2) is 8.42 Å². The van der Waals surface area contributed by atoms with E-state index < -0.39 is 9.84 Å². The summed E-state index contributed by atoms with van der Waals surface area (Å²) in [5, 5.41) is 3.30. The van der Waals surface area contributed by atoms with E-state index in [1.54, 1.807) is 0 Å². The van der Waals surface area contributed by atoms with Crippen molar-refractivity contribution < 1.29 is 8.42 Å². The molecule has 0 spiro atoms. The van der Waals surface area contributed by atoms with Gasteiger partial charge in [0, 0.05) is 17.6 Å². The predicted octanol–water partition coefficient (Wildman–Crippen LogP) is 1.89. The van der Waals surface area contributed by atoms with Crippen molar-refractivity contribution in [3.05, 3.63) is 33.8 Å². The van der Waals surface area contributed by atoms with Crippen molar-refractivity contribution >= 4 is 25.8 Å². The third kappa shape index (κ3) is 3.53. The predicted molar refractivity (Wildman–Crippen MR) is 72.7 cm³/mol. The van der Waals surface area contributed by atoms with Gasteiger partial charge in [0.2, 0.25) is 0 Å². The van der Waals surface area contributed by atoms with Crippen LogP contribution in [0.1, 0.15) is 11.1 Å². The maximum absolute atomic E-state index is 11.0. The van der Waals surface area contributed by atoms with Crippen molar-refractivity contribution in [2.75, 3.05) is 18.1 Å². The van der Waals surface area contributed by atoms with Gasteiger partial charge in [-0.1, -0.05) is 28.1 Å². The van der Waals surface area contributed by atoms with Gasteiger partial charge in [-0.15, -0.1) is 0 Å². The lowest BCUT2D eigenvalue weighted by atomic mass is 10.1. The molecule has 0 amide bonds. The quantitative estimate of drug-likeness (QED) is 0.922. The molecule has 1 N–H and O–H groups in total. The zero-order valence-electron chi connectivity index (χ0n) is 9.74. The highest BCUT2D eigenvalue weighted by Crippen LogP contribution is 2.19. The lowest BCUT2D eigenvalue weighted by Gasteiger charge is -2.25. The third-order valence-electron chi connectivity index (χ3n) is 2.98. The zero-order valence-corrected chi connectivity index (χ0v) is 12.1. The van der Waals surface area contributed by atoms with Gasteiger partial charge in [-0.05, 0) is 30.0 Å². The summed E-state index contributed by atoms with van der Waals surface area (Å²) in [5.74, 6) is 0.990. The number of sulfone groups is 1. The topological polar surface area (TPSA) is 46.2 Å². The van der Waals surface area contributed by atoms with E-state index in [4.69, 9.17) is 0 Å². The fourth-order valence-corrected chi connectivity index (χ4v) is 3.95. The SMILES string of the molecule is Cc1ccc(CNCC2CS(=O)(=O)C2)cc1Br. The van der Waals surface area contributed by atoms with Crippen LogP contribution in [0.2, 0.25) is 0 Å². The first-order valence-corrected chi connectivity index (χ1v) is 8.24. The van der Waals surface area contributed by atoms with E-state index in [9.17, 15) is 8.42 Å². The number of hydrogen-bond donors (Lipinski definition) is 1. The first-order valence-electron chi connectivity index (χ1n) is 5.62. The summed E-state index contributed by atoms with van der Waals surface area (Å²) in [5.41, 5.74) is 2.43. The van der Waals surface area contributed by atoms with Crippen molar-refractivity contribution in [3.63, 3.8) is 0 Å². The van der Waals surface area contributed by atoms with Gasteiger partial charge >= 0.3 is 0 Å². The van der Waals surface area contributed by atoms with Crippen molar-refractivity contribution in [1.82, 2.24) is 5.32 Å². The second-order valence-corrected chi connectivity index (χ2v) is 7.67. The molecular formula is C12H16BrNO2S. The normalized spacial score (nSPS) is 18.9. The van der Waals surface area contributed by atoms with Crippen LogP contribution >= 0.6 is 15.9 Å². The van der Waals surface area contributed by atoms with Gasteiger partial charge in [-0.3, -0.25) is 0 Å². The van der Waals surface area contributed by atoms with E-state index in [2.05, 4.69) is 46.4 Å². The molecule has 5 heteroatoms. The molecule has 1 heterocycles. The number of rotatable bonds is 4. The van der Waals surface area contributed by atoms with Crippen LogP contribution < -0.4 is 5.32 Å². The van der Waals surface area contributed by atoms with Crippen LogP contribution in [0.4, 0.5) is 0 Å². The Morgan fingerprint density at radius 3 is 2.71 bits per heavy atom. The monoisotopic (exact) mass is 317 g/mol. The summed E-state index contributed by atoms with van der Waals surface area (Å²) in [7, 11) is -2.69. The van der Waals surface area contributed by atoms with E-state index in [0.29, 0.717) is 17.4 Å². The minimum atomic E-state index is -2.69. The third-order valence-corrected chi connectivity index (χ3v) is 5.79. The standard InChI is InChI=1S/C12H16BrNO2S/c1-9-2-3-10(4-12(9)13)5-14-6-11-7-17(15,16)8-11/h2-4,11,14H,5-8H2,1H3. The maximum atomic E-state index is 11.0. The molecule has 1 aliphatic heterocycles. The Bertz CT molecular complexity index is 501. The summed E-state index contributed by atoms with van der Waals surface area (Å²) in [6.07, 6.45) is 0. The fraction of sp³-hybridized carbons (Fsp3) is 0.500. The van der Waals surface area contributed by atoms with Crippen LogP contribution in [-0.2, 0) is 16.4 Å². The van der Waals surface area contributed by atoms with Gasteiger partial charge in [0.1, 0.15) is 0 Å². The molecule has 0 saturated carbocycles. The molecule has 1 aromatic carbocycles. The largest absolute Gasteiger partial charge is 0.312 e. The van der Waals surface area contributed by atoms with E-state index >= 15 is 0 Å². The molecule has 0 aliphatic carbocycles. The number of aryl methyl sites for hydroxylation is 1. The molecule has 17 heavy (non-hydrogen) atoms. The van der Waals surface area contributed by atoms with Crippen LogP contribution in [0, 0.1) is 12.8 Å². The number of nitrogens with one attached hydrogen (secondary N) is 1. The van der Waals surface area contributed by atoms with Crippen LogP contribution in [0.15, 0.2) is 22.7 Å². The van der Waals surface area contributed by atoms with E-state index in [1.807, 2.05) is 0 Å². The molecule has 0 bridgehead atoms. The summed E-state index contributed by atoms with van der Waals surface area (Å²) in [4.78, 5) is 0. The van der Waals surface area contributed by atoms with Gasteiger partial charge < -0.3 is 5.32 Å². The Morgan fingerprint density at radius 2 is 2.12 bits per heavy atom. The molecule has 0 atom stereocenters. The Morgan fingerprint density at radius 1 is 1.41 bits per heavy atom. The van der Waals surface area contributed by atoms with Gasteiger partial charge in [0.25, 0.3) is 0 Å². The van der Waals surface area contributed by atoms with Crippen LogP contribution in [0.25, 0.3) is 0 Å². The molecule has 0 aromatic heterocycles. The van der Waals surface area contributed by atoms with E-state index in [0.717, 1.165) is 17.6 Å². The Labute approximate surface area is 111 Å². The fourth-order valence-electron chi connectivity index (χ4n) is 1.95. The molecule has 1 fully saturated rings. The molecule has 0 radical (unpaired) electrons. The number of benzene rings is 1. The van der Waals surface area contributed by atoms with E-state index in [1.165, 1.54) is 11.1 Å². The lowest BCUT2D eigenvalue weighted by Crippen LogP contribution is -2.42. The summed E-state index contributed by atoms with van der Waals surface area (Å²) >= 11 is 3.50. The van der Waals surface area contributed by atoms with Gasteiger partial charge in [-0.2, -0.15) is 0 Å². The molecule has 3 nitrogen and oxygen atoms in total. The summed E-state index contributed by atoms with van der Waals surface area (Å²) in [6, 6.07) is 6.26. The molecule has 1 saturated heterocycles. The minimum Gasteiger partial charge on any atom is -0.312 e. The first kappa shape index (κ1) is 13.1. The molecular weight excluding hydrogens is 302 g/mol. The van der Waals surface area contributed by atoms with Crippen molar-refractivity contribution in [2.24, 2.45) is 5.92 Å². The van der Waals surface area contributed by atoms with Crippen molar-refractivity contribution in [3.8, 4) is 0 Å². The van der Waals surface area contributed by atoms with Crippen LogP contribution in [-0.4, -0.2) is 26.5 Å². The highest BCUT2D eigenvalue weighted by Gasteiger charge is 2.32. The minimum absolute atomic E-state index is 0.300. The lowest BCUT2D eigenvalue weighted by molar-refractivity contribution is 0.489. The molecule has 1 aromatic rings. The average molecular weight is 318 g/mol. The second-order valence-electron chi connectivity index (χ2n) is 4.66. The highest BCUT2D eigenvalue weighted by molar-refractivity contribution is 9.10. The average Bonchev–Trinajstić information content (AvgIpc) is 2.20. The molecule has 1 aliphatic rings.